The largest absolute Gasteiger partial charge is 0.315 e. The van der Waals surface area contributed by atoms with Gasteiger partial charge in [-0.05, 0) is 156 Å². The van der Waals surface area contributed by atoms with Crippen LogP contribution in [0.2, 0.25) is 0 Å². The van der Waals surface area contributed by atoms with Crippen LogP contribution >= 0.6 is 0 Å². The number of nitrogens with zero attached hydrogens (tertiary/aromatic N) is 12. The topological polar surface area (TPSA) is 78.0 Å². The molecule has 0 fully saturated rings. The second-order valence-corrected chi connectivity index (χ2v) is 32.4. The van der Waals surface area contributed by atoms with Crippen molar-refractivity contribution in [3.05, 3.63) is 421 Å². The molecule has 22 aromatic rings. The Morgan fingerprint density at radius 1 is 0.218 bits per heavy atom. The molecule has 12 nitrogen and oxygen atoms in total. The van der Waals surface area contributed by atoms with Crippen LogP contribution in [0, 0.1) is 0 Å². The third-order valence-electron chi connectivity index (χ3n) is 26.0. The molecule has 0 bridgehead atoms. The SMILES string of the molecule is CN1c2cc(-n3c4ccccc4c4ccccc43)ccc2C(C)(C)n2c1nc1ccccc12.CN1c2cc(-n3c4ccccc4c4ccccc43)ccc2C(c2ccccc2)(c2ccccc2)n2c1nc1ccccc12.CN1c2cc(-n3c4ccccc4c4ccccc43)ccc2C2(c3ccccc3-c3ccccc32)n2c1nc1ccccc12. The van der Waals surface area contributed by atoms with Gasteiger partial charge in [-0.1, -0.05) is 273 Å². The second kappa shape index (κ2) is 25.6. The molecular weight excluding hydrogens is 1450 g/mol. The van der Waals surface area contributed by atoms with E-state index in [0.29, 0.717) is 0 Å². The molecule has 119 heavy (non-hydrogen) atoms. The Morgan fingerprint density at radius 2 is 0.479 bits per heavy atom. The summed E-state index contributed by atoms with van der Waals surface area (Å²) in [5, 5.41) is 7.60. The van der Waals surface area contributed by atoms with E-state index in [-0.39, 0.29) is 5.54 Å². The number of hydrogen-bond acceptors (Lipinski definition) is 6. The average Bonchev–Trinajstić information content (AvgIpc) is 1.53. The highest BCUT2D eigenvalue weighted by Gasteiger charge is 2.53. The summed E-state index contributed by atoms with van der Waals surface area (Å²) in [6.45, 7) is 4.58. The van der Waals surface area contributed by atoms with Gasteiger partial charge >= 0.3 is 0 Å². The fourth-order valence-corrected chi connectivity index (χ4v) is 21.0. The quantitative estimate of drug-likeness (QED) is 0.171. The van der Waals surface area contributed by atoms with Gasteiger partial charge in [-0.15, -0.1) is 0 Å². The van der Waals surface area contributed by atoms with Crippen molar-refractivity contribution in [1.82, 2.24) is 42.4 Å². The van der Waals surface area contributed by atoms with Gasteiger partial charge in [0.15, 0.2) is 0 Å². The molecule has 0 unspecified atom stereocenters. The highest BCUT2D eigenvalue weighted by molar-refractivity contribution is 6.12. The maximum Gasteiger partial charge on any atom is 0.212 e. The molecule has 0 amide bonds. The average molecular weight is 1530 g/mol. The first-order valence-electron chi connectivity index (χ1n) is 40.9. The van der Waals surface area contributed by atoms with Crippen LogP contribution < -0.4 is 14.7 Å². The lowest BCUT2D eigenvalue weighted by Gasteiger charge is -2.45. The summed E-state index contributed by atoms with van der Waals surface area (Å²) in [5.74, 6) is 2.84. The van der Waals surface area contributed by atoms with Gasteiger partial charge in [0, 0.05) is 87.2 Å². The van der Waals surface area contributed by atoms with E-state index in [4.69, 9.17) is 15.0 Å². The first-order chi connectivity index (χ1) is 58.6. The number of anilines is 6. The van der Waals surface area contributed by atoms with Gasteiger partial charge < -0.3 is 33.0 Å². The fraction of sp³-hybridized carbons (Fsp3) is 0.0748. The normalized spacial score (nSPS) is 14.2. The predicted octanol–water partition coefficient (Wildman–Crippen LogP) is 25.1. The van der Waals surface area contributed by atoms with Crippen molar-refractivity contribution in [2.24, 2.45) is 0 Å². The molecule has 9 heterocycles. The number of para-hydroxylation sites is 12. The van der Waals surface area contributed by atoms with Gasteiger partial charge in [-0.3, -0.25) is 9.13 Å². The van der Waals surface area contributed by atoms with Gasteiger partial charge in [-0.2, -0.15) is 0 Å². The highest BCUT2D eigenvalue weighted by atomic mass is 15.4. The number of imidazole rings is 3. The van der Waals surface area contributed by atoms with Crippen molar-refractivity contribution in [3.63, 3.8) is 0 Å². The van der Waals surface area contributed by atoms with Crippen LogP contribution in [0.25, 0.3) is 127 Å². The molecule has 1 spiro atoms. The van der Waals surface area contributed by atoms with E-state index in [9.17, 15) is 0 Å². The minimum atomic E-state index is -0.630. The monoisotopic (exact) mass is 1530 g/mol. The van der Waals surface area contributed by atoms with Gasteiger partial charge in [0.1, 0.15) is 11.1 Å². The van der Waals surface area contributed by atoms with Crippen molar-refractivity contribution in [2.75, 3.05) is 35.8 Å². The smallest absolute Gasteiger partial charge is 0.212 e. The number of hydrogen-bond donors (Lipinski definition) is 0. The Labute approximate surface area is 687 Å². The van der Waals surface area contributed by atoms with Crippen molar-refractivity contribution in [3.8, 4) is 28.2 Å². The lowest BCUT2D eigenvalue weighted by atomic mass is 9.74. The highest BCUT2D eigenvalue weighted by Crippen LogP contribution is 2.61. The summed E-state index contributed by atoms with van der Waals surface area (Å²) in [4.78, 5) is 22.3. The molecule has 16 aromatic carbocycles. The molecule has 0 saturated carbocycles. The van der Waals surface area contributed by atoms with Crippen molar-refractivity contribution in [2.45, 2.75) is 30.5 Å². The number of fused-ring (bicyclic) bond motifs is 28. The fourth-order valence-electron chi connectivity index (χ4n) is 21.0. The third kappa shape index (κ3) is 9.42. The Hall–Kier alpha value is -15.3. The van der Waals surface area contributed by atoms with Gasteiger partial charge in [0.25, 0.3) is 0 Å². The summed E-state index contributed by atoms with van der Waals surface area (Å²) in [5.41, 5.74) is 30.5. The molecule has 0 N–H and O–H groups in total. The molecule has 6 aromatic heterocycles. The van der Waals surface area contributed by atoms with Crippen LogP contribution in [0.1, 0.15) is 52.8 Å². The summed E-state index contributed by atoms with van der Waals surface area (Å²) in [6.07, 6.45) is 0. The van der Waals surface area contributed by atoms with E-state index in [1.54, 1.807) is 0 Å². The van der Waals surface area contributed by atoms with Crippen LogP contribution in [0.15, 0.2) is 382 Å². The predicted molar refractivity (Wildman–Crippen MR) is 489 cm³/mol. The number of rotatable bonds is 5. The first-order valence-corrected chi connectivity index (χ1v) is 40.9. The van der Waals surface area contributed by atoms with Crippen LogP contribution in [0.4, 0.5) is 34.9 Å². The van der Waals surface area contributed by atoms with E-state index in [0.717, 1.165) is 68.2 Å². The lowest BCUT2D eigenvalue weighted by Crippen LogP contribution is -2.43. The summed E-state index contributed by atoms with van der Waals surface area (Å²) in [7, 11) is 6.43. The molecule has 0 atom stereocenters. The van der Waals surface area contributed by atoms with E-state index < -0.39 is 11.1 Å². The number of aromatic nitrogens is 9. The molecule has 26 rings (SSSR count). The van der Waals surface area contributed by atoms with Crippen molar-refractivity contribution >= 4 is 133 Å². The summed E-state index contributed by atoms with van der Waals surface area (Å²) >= 11 is 0. The molecule has 1 aliphatic carbocycles. The van der Waals surface area contributed by atoms with Gasteiger partial charge in [-0.25, -0.2) is 15.0 Å². The minimum Gasteiger partial charge on any atom is -0.315 e. The zero-order valence-electron chi connectivity index (χ0n) is 66.2. The Bertz CT molecular complexity index is 7450. The molecule has 3 aliphatic heterocycles. The molecule has 566 valence electrons. The van der Waals surface area contributed by atoms with Crippen LogP contribution in [0.5, 0.6) is 0 Å². The van der Waals surface area contributed by atoms with E-state index >= 15 is 0 Å². The summed E-state index contributed by atoms with van der Waals surface area (Å²) in [6, 6.07) is 138. The van der Waals surface area contributed by atoms with Crippen LogP contribution in [-0.4, -0.2) is 63.5 Å². The standard InChI is InChI=1S/C39H26N4.C39H28N4.C29H24N4/c1-41-37-24-25(42-34-19-9-4-14-28(34)29-15-5-10-20-35(29)42)22-23-32(37)39(43-36-21-11-8-18-33(36)40-38(41)43)30-16-6-2-12-26(30)27-13-3-7-17-31(27)39;1-41-37-26-29(42-34-21-11-8-18-30(34)31-19-9-12-22-35(31)42)24-25-32(37)39(27-14-4-2-5-15-27,28-16-6-3-7-17-28)43-36-23-13-10-20-33(36)40-38(41)43;1-29(2)22-17-16-19(32-24-13-7-4-10-20(24)21-11-5-8-14-25(21)32)18-27(22)31(3)28-30-23-12-6-9-15-26(23)33(28)29/h2-24H,1H3;2-26H,1H3;4-18H,1-3H3. The molecule has 4 aliphatic rings. The van der Waals surface area contributed by atoms with Gasteiger partial charge in [0.05, 0.1) is 88.8 Å². The van der Waals surface area contributed by atoms with Crippen molar-refractivity contribution < 1.29 is 0 Å². The minimum absolute atomic E-state index is 0.216. The molecule has 0 radical (unpaired) electrons. The second-order valence-electron chi connectivity index (χ2n) is 32.4. The van der Waals surface area contributed by atoms with Crippen LogP contribution in [-0.2, 0) is 16.6 Å². The zero-order chi connectivity index (χ0) is 79.1. The lowest BCUT2D eigenvalue weighted by molar-refractivity contribution is 0.440. The van der Waals surface area contributed by atoms with E-state index in [1.165, 1.54) is 132 Å². The van der Waals surface area contributed by atoms with E-state index in [2.05, 4.69) is 459 Å². The Balaban J connectivity index is 0.000000103. The summed E-state index contributed by atoms with van der Waals surface area (Å²) < 4.78 is 14.5. The number of benzene rings is 16. The first kappa shape index (κ1) is 68.2. The van der Waals surface area contributed by atoms with Gasteiger partial charge in [0.2, 0.25) is 17.8 Å². The molecular formula is C107H78N12. The zero-order valence-corrected chi connectivity index (χ0v) is 66.2. The maximum absolute atomic E-state index is 5.27. The third-order valence-corrected chi connectivity index (χ3v) is 26.0. The Kier molecular flexibility index (Phi) is 14.7. The van der Waals surface area contributed by atoms with Crippen molar-refractivity contribution in [1.29, 1.82) is 0 Å². The molecule has 12 heteroatoms. The van der Waals surface area contributed by atoms with E-state index in [1.807, 2.05) is 0 Å². The van der Waals surface area contributed by atoms with Crippen LogP contribution in [0.3, 0.4) is 0 Å². The maximum atomic E-state index is 5.27. The molecule has 0 saturated heterocycles. The Morgan fingerprint density at radius 3 is 0.840 bits per heavy atom.